The van der Waals surface area contributed by atoms with E-state index in [0.717, 1.165) is 16.7 Å². The average molecular weight is 461 g/mol. The molecular formula is C26H21FN2O3S. The largest absolute Gasteiger partial charge is 0.326 e. The van der Waals surface area contributed by atoms with E-state index in [2.05, 4.69) is 10.0 Å². The van der Waals surface area contributed by atoms with Crippen LogP contribution >= 0.6 is 0 Å². The fourth-order valence-electron chi connectivity index (χ4n) is 3.29. The summed E-state index contributed by atoms with van der Waals surface area (Å²) in [6.07, 6.45) is 0.196. The van der Waals surface area contributed by atoms with Gasteiger partial charge in [-0.25, -0.2) is 12.8 Å². The monoisotopic (exact) mass is 460 g/mol. The van der Waals surface area contributed by atoms with Crippen molar-refractivity contribution >= 4 is 27.3 Å². The molecule has 0 radical (unpaired) electrons. The maximum atomic E-state index is 13.0. The van der Waals surface area contributed by atoms with Crippen molar-refractivity contribution in [1.29, 1.82) is 0 Å². The first-order valence-corrected chi connectivity index (χ1v) is 11.7. The van der Waals surface area contributed by atoms with Crippen LogP contribution in [0.1, 0.15) is 5.56 Å². The van der Waals surface area contributed by atoms with E-state index >= 15 is 0 Å². The number of carbonyl (C=O) groups is 1. The van der Waals surface area contributed by atoms with Crippen molar-refractivity contribution in [2.24, 2.45) is 0 Å². The maximum Gasteiger partial charge on any atom is 0.261 e. The van der Waals surface area contributed by atoms with Gasteiger partial charge in [-0.3, -0.25) is 9.52 Å². The van der Waals surface area contributed by atoms with Crippen LogP contribution in [0.4, 0.5) is 15.8 Å². The molecule has 0 heterocycles. The van der Waals surface area contributed by atoms with E-state index in [-0.39, 0.29) is 22.9 Å². The highest BCUT2D eigenvalue weighted by Crippen LogP contribution is 2.21. The lowest BCUT2D eigenvalue weighted by Gasteiger charge is -2.10. The van der Waals surface area contributed by atoms with E-state index in [1.54, 1.807) is 0 Å². The quantitative estimate of drug-likeness (QED) is 0.384. The number of anilines is 2. The molecule has 0 fully saturated rings. The molecule has 0 unspecified atom stereocenters. The van der Waals surface area contributed by atoms with Crippen LogP contribution in [0.15, 0.2) is 108 Å². The normalized spacial score (nSPS) is 11.1. The molecule has 0 saturated carbocycles. The Hall–Kier alpha value is -3.97. The Morgan fingerprint density at radius 2 is 1.27 bits per heavy atom. The third-order valence-corrected chi connectivity index (χ3v) is 6.37. The Labute approximate surface area is 192 Å². The van der Waals surface area contributed by atoms with Crippen LogP contribution in [0.5, 0.6) is 0 Å². The zero-order valence-corrected chi connectivity index (χ0v) is 18.3. The fourth-order valence-corrected chi connectivity index (χ4v) is 4.34. The molecule has 0 spiro atoms. The van der Waals surface area contributed by atoms with Gasteiger partial charge in [-0.2, -0.15) is 0 Å². The molecule has 4 aromatic carbocycles. The molecule has 5 nitrogen and oxygen atoms in total. The average Bonchev–Trinajstić information content (AvgIpc) is 2.82. The lowest BCUT2D eigenvalue weighted by atomic mass is 10.0. The second-order valence-electron chi connectivity index (χ2n) is 7.42. The third-order valence-electron chi connectivity index (χ3n) is 4.97. The second-order valence-corrected chi connectivity index (χ2v) is 9.11. The number of halogens is 1. The topological polar surface area (TPSA) is 75.3 Å². The molecule has 4 aromatic rings. The smallest absolute Gasteiger partial charge is 0.261 e. The molecule has 7 heteroatoms. The van der Waals surface area contributed by atoms with Crippen LogP contribution in [0.3, 0.4) is 0 Å². The Balaban J connectivity index is 1.36. The summed E-state index contributed by atoms with van der Waals surface area (Å²) in [4.78, 5) is 12.4. The lowest BCUT2D eigenvalue weighted by molar-refractivity contribution is -0.115. The number of benzene rings is 4. The lowest BCUT2D eigenvalue weighted by Crippen LogP contribution is -2.15. The molecule has 0 atom stereocenters. The number of rotatable bonds is 7. The molecule has 0 bridgehead atoms. The number of amides is 1. The summed E-state index contributed by atoms with van der Waals surface area (Å²) in [6.45, 7) is 0. The molecular weight excluding hydrogens is 439 g/mol. The van der Waals surface area contributed by atoms with Gasteiger partial charge in [0.2, 0.25) is 5.91 Å². The van der Waals surface area contributed by atoms with Crippen LogP contribution < -0.4 is 10.0 Å². The van der Waals surface area contributed by atoms with Crippen molar-refractivity contribution in [2.75, 3.05) is 10.0 Å². The van der Waals surface area contributed by atoms with Gasteiger partial charge in [0.25, 0.3) is 10.0 Å². The molecule has 2 N–H and O–H groups in total. The second kappa shape index (κ2) is 9.67. The van der Waals surface area contributed by atoms with Gasteiger partial charge >= 0.3 is 0 Å². The van der Waals surface area contributed by atoms with Gasteiger partial charge < -0.3 is 5.32 Å². The van der Waals surface area contributed by atoms with E-state index in [9.17, 15) is 17.6 Å². The van der Waals surface area contributed by atoms with Gasteiger partial charge in [0.1, 0.15) is 5.82 Å². The zero-order valence-electron chi connectivity index (χ0n) is 17.5. The Morgan fingerprint density at radius 3 is 1.91 bits per heavy atom. The molecule has 0 aliphatic rings. The highest BCUT2D eigenvalue weighted by atomic mass is 32.2. The van der Waals surface area contributed by atoms with Crippen LogP contribution in [0.2, 0.25) is 0 Å². The maximum absolute atomic E-state index is 13.0. The van der Waals surface area contributed by atoms with Crippen molar-refractivity contribution in [2.45, 2.75) is 11.3 Å². The summed E-state index contributed by atoms with van der Waals surface area (Å²) < 4.78 is 40.4. The number of hydrogen-bond donors (Lipinski definition) is 2. The fraction of sp³-hybridized carbons (Fsp3) is 0.0385. The van der Waals surface area contributed by atoms with Gasteiger partial charge in [-0.15, -0.1) is 0 Å². The Bertz CT molecular complexity index is 1340. The molecule has 33 heavy (non-hydrogen) atoms. The number of nitrogens with one attached hydrogen (secondary N) is 2. The SMILES string of the molecule is O=C(Cc1ccc(-c2ccccc2)cc1)Nc1ccc(S(=O)(=O)Nc2ccc(F)cc2)cc1. The Morgan fingerprint density at radius 1 is 0.697 bits per heavy atom. The first-order chi connectivity index (χ1) is 15.9. The van der Waals surface area contributed by atoms with Crippen molar-refractivity contribution < 1.29 is 17.6 Å². The van der Waals surface area contributed by atoms with Gasteiger partial charge in [-0.05, 0) is 65.2 Å². The van der Waals surface area contributed by atoms with Gasteiger partial charge in [0.05, 0.1) is 11.3 Å². The van der Waals surface area contributed by atoms with E-state index in [1.807, 2.05) is 54.6 Å². The Kier molecular flexibility index (Phi) is 6.51. The number of sulfonamides is 1. The molecule has 166 valence electrons. The van der Waals surface area contributed by atoms with Gasteiger partial charge in [-0.1, -0.05) is 54.6 Å². The minimum absolute atomic E-state index is 0.0290. The van der Waals surface area contributed by atoms with Crippen LogP contribution in [0.25, 0.3) is 11.1 Å². The van der Waals surface area contributed by atoms with E-state index in [0.29, 0.717) is 5.69 Å². The minimum atomic E-state index is -3.83. The summed E-state index contributed by atoms with van der Waals surface area (Å²) >= 11 is 0. The zero-order chi connectivity index (χ0) is 23.3. The van der Waals surface area contributed by atoms with Crippen molar-refractivity contribution in [1.82, 2.24) is 0 Å². The molecule has 0 aliphatic carbocycles. The molecule has 0 aliphatic heterocycles. The number of carbonyl (C=O) groups excluding carboxylic acids is 1. The van der Waals surface area contributed by atoms with E-state index < -0.39 is 15.8 Å². The van der Waals surface area contributed by atoms with Crippen LogP contribution in [0, 0.1) is 5.82 Å². The van der Waals surface area contributed by atoms with E-state index in [4.69, 9.17) is 0 Å². The molecule has 0 saturated heterocycles. The summed E-state index contributed by atoms with van der Waals surface area (Å²) in [6, 6.07) is 28.6. The third kappa shape index (κ3) is 5.84. The van der Waals surface area contributed by atoms with Crippen molar-refractivity contribution in [3.8, 4) is 11.1 Å². The van der Waals surface area contributed by atoms with Gasteiger partial charge in [0, 0.05) is 11.4 Å². The summed E-state index contributed by atoms with van der Waals surface area (Å²) in [5.74, 6) is -0.660. The predicted octanol–water partition coefficient (Wildman–Crippen LogP) is 5.47. The highest BCUT2D eigenvalue weighted by Gasteiger charge is 2.14. The summed E-state index contributed by atoms with van der Waals surface area (Å²) in [5, 5.41) is 2.78. The summed E-state index contributed by atoms with van der Waals surface area (Å²) in [5.41, 5.74) is 3.80. The number of hydrogen-bond acceptors (Lipinski definition) is 3. The van der Waals surface area contributed by atoms with Crippen molar-refractivity contribution in [3.05, 3.63) is 115 Å². The molecule has 4 rings (SSSR count). The highest BCUT2D eigenvalue weighted by molar-refractivity contribution is 7.92. The first kappa shape index (κ1) is 22.2. The van der Waals surface area contributed by atoms with Crippen LogP contribution in [-0.4, -0.2) is 14.3 Å². The first-order valence-electron chi connectivity index (χ1n) is 10.2. The molecule has 0 aromatic heterocycles. The predicted molar refractivity (Wildman–Crippen MR) is 128 cm³/mol. The standard InChI is InChI=1S/C26H21FN2O3S/c27-22-10-12-24(13-11-22)29-33(31,32)25-16-14-23(15-17-25)28-26(30)18-19-6-8-21(9-7-19)20-4-2-1-3-5-20/h1-17,29H,18H2,(H,28,30). The molecule has 1 amide bonds. The summed E-state index contributed by atoms with van der Waals surface area (Å²) in [7, 11) is -3.83. The van der Waals surface area contributed by atoms with Crippen LogP contribution in [-0.2, 0) is 21.2 Å². The van der Waals surface area contributed by atoms with E-state index in [1.165, 1.54) is 48.5 Å². The van der Waals surface area contributed by atoms with Crippen molar-refractivity contribution in [3.63, 3.8) is 0 Å². The minimum Gasteiger partial charge on any atom is -0.326 e. The van der Waals surface area contributed by atoms with Gasteiger partial charge in [0.15, 0.2) is 0 Å².